The van der Waals surface area contributed by atoms with Gasteiger partial charge in [0.05, 0.1) is 13.3 Å². The van der Waals surface area contributed by atoms with Crippen LogP contribution in [0.5, 0.6) is 5.75 Å². The molecule has 1 aromatic rings. The summed E-state index contributed by atoms with van der Waals surface area (Å²) in [6, 6.07) is 6.78. The molecule has 0 unspecified atom stereocenters. The first-order chi connectivity index (χ1) is 12.6. The first-order valence-corrected chi connectivity index (χ1v) is 8.52. The number of hydrogen-bond acceptors (Lipinski definition) is 6. The van der Waals surface area contributed by atoms with Gasteiger partial charge in [0.2, 0.25) is 0 Å². The first-order valence-electron chi connectivity index (χ1n) is 8.52. The molecule has 1 aliphatic rings. The lowest BCUT2D eigenvalue weighted by Gasteiger charge is -2.22. The van der Waals surface area contributed by atoms with E-state index in [0.29, 0.717) is 11.3 Å². The van der Waals surface area contributed by atoms with Crippen LogP contribution in [0, 0.1) is 0 Å². The molecule has 0 heterocycles. The number of carbonyl (C=O) groups excluding carboxylic acids is 3. The normalized spacial score (nSPS) is 14.7. The number of ether oxygens (including phenoxy) is 2. The highest BCUT2D eigenvalue weighted by Crippen LogP contribution is 2.17. The Morgan fingerprint density at radius 3 is 2.46 bits per heavy atom. The lowest BCUT2D eigenvalue weighted by atomic mass is 9.95. The van der Waals surface area contributed by atoms with Crippen molar-refractivity contribution in [2.45, 2.75) is 38.1 Å². The Balaban J connectivity index is 1.75. The molecule has 8 nitrogen and oxygen atoms in total. The highest BCUT2D eigenvalue weighted by molar-refractivity contribution is 6.35. The summed E-state index contributed by atoms with van der Waals surface area (Å²) >= 11 is 0. The van der Waals surface area contributed by atoms with E-state index in [1.54, 1.807) is 24.3 Å². The zero-order valence-corrected chi connectivity index (χ0v) is 14.7. The zero-order valence-electron chi connectivity index (χ0n) is 14.7. The van der Waals surface area contributed by atoms with Gasteiger partial charge in [-0.2, -0.15) is 5.10 Å². The molecule has 0 saturated heterocycles. The van der Waals surface area contributed by atoms with Gasteiger partial charge in [-0.05, 0) is 42.7 Å². The van der Waals surface area contributed by atoms with Gasteiger partial charge in [-0.3, -0.25) is 9.59 Å². The predicted molar refractivity (Wildman–Crippen MR) is 94.7 cm³/mol. The second-order valence-electron chi connectivity index (χ2n) is 5.94. The highest BCUT2D eigenvalue weighted by Gasteiger charge is 2.19. The van der Waals surface area contributed by atoms with Gasteiger partial charge >= 0.3 is 17.8 Å². The Morgan fingerprint density at radius 2 is 1.81 bits per heavy atom. The minimum Gasteiger partial charge on any atom is -0.482 e. The Hall–Kier alpha value is -2.90. The van der Waals surface area contributed by atoms with Crippen LogP contribution in [0.15, 0.2) is 29.4 Å². The van der Waals surface area contributed by atoms with E-state index in [4.69, 9.17) is 4.74 Å². The maximum atomic E-state index is 11.8. The second kappa shape index (κ2) is 10.2. The summed E-state index contributed by atoms with van der Waals surface area (Å²) in [5, 5.41) is 6.50. The Labute approximate surface area is 151 Å². The van der Waals surface area contributed by atoms with Crippen LogP contribution in [0.25, 0.3) is 0 Å². The summed E-state index contributed by atoms with van der Waals surface area (Å²) in [6.45, 7) is -0.171. The predicted octanol–water partition coefficient (Wildman–Crippen LogP) is 1.14. The average Bonchev–Trinajstić information content (AvgIpc) is 2.67. The van der Waals surface area contributed by atoms with Gasteiger partial charge in [-0.1, -0.05) is 19.3 Å². The number of nitrogens with zero attached hydrogens (tertiary/aromatic N) is 1. The van der Waals surface area contributed by atoms with Gasteiger partial charge in [0.15, 0.2) is 6.61 Å². The van der Waals surface area contributed by atoms with Crippen molar-refractivity contribution in [2.75, 3.05) is 13.7 Å². The molecule has 0 spiro atoms. The SMILES string of the molecule is COC(=O)COc1ccc(/C=N\NC(=O)C(=O)NC2CCCCC2)cc1. The first kappa shape index (κ1) is 19.4. The Kier molecular flexibility index (Phi) is 7.60. The van der Waals surface area contributed by atoms with Gasteiger partial charge in [-0.25, -0.2) is 10.2 Å². The molecule has 0 bridgehead atoms. The van der Waals surface area contributed by atoms with Crippen LogP contribution in [0.3, 0.4) is 0 Å². The lowest BCUT2D eigenvalue weighted by molar-refractivity contribution is -0.142. The van der Waals surface area contributed by atoms with E-state index in [2.05, 4.69) is 20.6 Å². The van der Waals surface area contributed by atoms with Crippen molar-refractivity contribution in [1.29, 1.82) is 0 Å². The van der Waals surface area contributed by atoms with Crippen molar-refractivity contribution in [2.24, 2.45) is 5.10 Å². The van der Waals surface area contributed by atoms with Crippen LogP contribution in [0.1, 0.15) is 37.7 Å². The number of benzene rings is 1. The van der Waals surface area contributed by atoms with E-state index in [9.17, 15) is 14.4 Å². The molecule has 140 valence electrons. The lowest BCUT2D eigenvalue weighted by Crippen LogP contribution is -2.44. The van der Waals surface area contributed by atoms with E-state index in [-0.39, 0.29) is 12.6 Å². The standard InChI is InChI=1S/C18H23N3O5/c1-25-16(22)12-26-15-9-7-13(8-10-15)11-19-21-18(24)17(23)20-14-5-3-2-4-6-14/h7-11,14H,2-6,12H2,1H3,(H,20,23)(H,21,24)/b19-11-. The van der Waals surface area contributed by atoms with Crippen molar-refractivity contribution in [3.8, 4) is 5.75 Å². The molecular weight excluding hydrogens is 338 g/mol. The minimum absolute atomic E-state index is 0.0727. The molecule has 1 fully saturated rings. The molecule has 1 saturated carbocycles. The summed E-state index contributed by atoms with van der Waals surface area (Å²) in [4.78, 5) is 34.5. The maximum Gasteiger partial charge on any atom is 0.343 e. The second-order valence-corrected chi connectivity index (χ2v) is 5.94. The monoisotopic (exact) mass is 361 g/mol. The number of methoxy groups -OCH3 is 1. The van der Waals surface area contributed by atoms with Gasteiger partial charge in [0, 0.05) is 6.04 Å². The number of rotatable bonds is 6. The van der Waals surface area contributed by atoms with Crippen molar-refractivity contribution in [1.82, 2.24) is 10.7 Å². The van der Waals surface area contributed by atoms with Crippen molar-refractivity contribution >= 4 is 24.0 Å². The van der Waals surface area contributed by atoms with Crippen molar-refractivity contribution < 1.29 is 23.9 Å². The van der Waals surface area contributed by atoms with Crippen molar-refractivity contribution in [3.63, 3.8) is 0 Å². The molecule has 0 radical (unpaired) electrons. The average molecular weight is 361 g/mol. The summed E-state index contributed by atoms with van der Waals surface area (Å²) in [7, 11) is 1.29. The van der Waals surface area contributed by atoms with Crippen LogP contribution in [-0.2, 0) is 19.1 Å². The van der Waals surface area contributed by atoms with E-state index >= 15 is 0 Å². The van der Waals surface area contributed by atoms with Crippen LogP contribution in [-0.4, -0.2) is 43.8 Å². The smallest absolute Gasteiger partial charge is 0.343 e. The van der Waals surface area contributed by atoms with Crippen LogP contribution >= 0.6 is 0 Å². The Bertz CT molecular complexity index is 651. The minimum atomic E-state index is -0.787. The molecule has 2 amide bonds. The third-order valence-electron chi connectivity index (χ3n) is 3.99. The molecule has 0 atom stereocenters. The van der Waals surface area contributed by atoms with Gasteiger partial charge in [0.25, 0.3) is 0 Å². The summed E-state index contributed by atoms with van der Waals surface area (Å²) < 4.78 is 9.70. The largest absolute Gasteiger partial charge is 0.482 e. The molecule has 0 aliphatic heterocycles. The molecule has 26 heavy (non-hydrogen) atoms. The van der Waals surface area contributed by atoms with Gasteiger partial charge in [0.1, 0.15) is 5.75 Å². The quantitative estimate of drug-likeness (QED) is 0.342. The summed E-state index contributed by atoms with van der Waals surface area (Å²) in [5.74, 6) is -1.42. The maximum absolute atomic E-state index is 11.8. The number of esters is 1. The molecule has 2 N–H and O–H groups in total. The van der Waals surface area contributed by atoms with E-state index in [1.807, 2.05) is 0 Å². The Morgan fingerprint density at radius 1 is 1.12 bits per heavy atom. The van der Waals surface area contributed by atoms with Crippen LogP contribution in [0.2, 0.25) is 0 Å². The third-order valence-corrected chi connectivity index (χ3v) is 3.99. The van der Waals surface area contributed by atoms with E-state index in [1.165, 1.54) is 19.7 Å². The highest BCUT2D eigenvalue weighted by atomic mass is 16.6. The molecular formula is C18H23N3O5. The zero-order chi connectivity index (χ0) is 18.8. The fraction of sp³-hybridized carbons (Fsp3) is 0.444. The fourth-order valence-corrected chi connectivity index (χ4v) is 2.57. The number of amides is 2. The summed E-state index contributed by atoms with van der Waals surface area (Å²) in [5.41, 5.74) is 2.91. The summed E-state index contributed by atoms with van der Waals surface area (Å²) in [6.07, 6.45) is 6.55. The third kappa shape index (κ3) is 6.54. The number of carbonyl (C=O) groups is 3. The van der Waals surface area contributed by atoms with Gasteiger partial charge in [-0.15, -0.1) is 0 Å². The van der Waals surface area contributed by atoms with E-state index in [0.717, 1.165) is 25.7 Å². The molecule has 8 heteroatoms. The van der Waals surface area contributed by atoms with Gasteiger partial charge < -0.3 is 14.8 Å². The molecule has 1 aromatic carbocycles. The number of nitrogens with one attached hydrogen (secondary N) is 2. The molecule has 1 aliphatic carbocycles. The topological polar surface area (TPSA) is 106 Å². The number of hydrazone groups is 1. The van der Waals surface area contributed by atoms with Crippen LogP contribution < -0.4 is 15.5 Å². The molecule has 0 aromatic heterocycles. The molecule has 2 rings (SSSR count). The van der Waals surface area contributed by atoms with E-state index < -0.39 is 17.8 Å². The number of hydrogen-bond donors (Lipinski definition) is 2. The fourth-order valence-electron chi connectivity index (χ4n) is 2.57. The van der Waals surface area contributed by atoms with Crippen molar-refractivity contribution in [3.05, 3.63) is 29.8 Å². The van der Waals surface area contributed by atoms with Crippen LogP contribution in [0.4, 0.5) is 0 Å².